The van der Waals surface area contributed by atoms with Crippen molar-refractivity contribution in [2.45, 2.75) is 25.8 Å². The van der Waals surface area contributed by atoms with Gasteiger partial charge in [0.15, 0.2) is 9.84 Å². The van der Waals surface area contributed by atoms with Crippen LogP contribution in [-0.2, 0) is 9.84 Å². The Kier molecular flexibility index (Phi) is 3.77. The molecule has 0 unspecified atom stereocenters. The first kappa shape index (κ1) is 14.8. The molecule has 1 fully saturated rings. The van der Waals surface area contributed by atoms with Crippen molar-refractivity contribution in [2.24, 2.45) is 0 Å². The van der Waals surface area contributed by atoms with Gasteiger partial charge in [-0.2, -0.15) is 0 Å². The highest BCUT2D eigenvalue weighted by Gasteiger charge is 2.39. The highest BCUT2D eigenvalue weighted by atomic mass is 32.2. The van der Waals surface area contributed by atoms with Crippen molar-refractivity contribution < 1.29 is 17.9 Å². The third-order valence-corrected chi connectivity index (χ3v) is 5.49. The van der Waals surface area contributed by atoms with E-state index in [1.807, 2.05) is 13.0 Å². The molecule has 1 saturated heterocycles. The van der Waals surface area contributed by atoms with Crippen LogP contribution in [0, 0.1) is 6.92 Å². The molecule has 1 aromatic rings. The van der Waals surface area contributed by atoms with Gasteiger partial charge in [0, 0.05) is 5.56 Å². The summed E-state index contributed by atoms with van der Waals surface area (Å²) in [4.78, 5) is 12.2. The molecule has 1 aliphatic rings. The van der Waals surface area contributed by atoms with Crippen molar-refractivity contribution in [3.63, 3.8) is 0 Å². The van der Waals surface area contributed by atoms with Gasteiger partial charge in [0.25, 0.3) is 5.91 Å². The average molecular weight is 297 g/mol. The number of carbonyl (C=O) groups is 1. The Bertz CT molecular complexity index is 639. The van der Waals surface area contributed by atoms with Gasteiger partial charge in [-0.3, -0.25) is 4.79 Å². The van der Waals surface area contributed by atoms with Gasteiger partial charge < -0.3 is 10.1 Å². The molecule has 1 aliphatic heterocycles. The number of nitrogens with one attached hydrogen (secondary N) is 1. The molecule has 0 bridgehead atoms. The number of hydrogen-bond acceptors (Lipinski definition) is 4. The van der Waals surface area contributed by atoms with Gasteiger partial charge in [0.05, 0.1) is 24.2 Å². The standard InChI is InChI=1S/C14H19NO4S/c1-10-4-5-11(8-12(10)19-3)13(16)15-14(2)6-7-20(17,18)9-14/h4-5,8H,6-7,9H2,1-3H3,(H,15,16)/t14-/m1/s1. The molecule has 1 amide bonds. The number of benzene rings is 1. The second-order valence-corrected chi connectivity index (χ2v) is 7.73. The zero-order valence-corrected chi connectivity index (χ0v) is 12.7. The van der Waals surface area contributed by atoms with Gasteiger partial charge in [-0.15, -0.1) is 0 Å². The highest BCUT2D eigenvalue weighted by molar-refractivity contribution is 7.91. The lowest BCUT2D eigenvalue weighted by Crippen LogP contribution is -2.46. The lowest BCUT2D eigenvalue weighted by atomic mass is 10.0. The van der Waals surface area contributed by atoms with Gasteiger partial charge in [-0.25, -0.2) is 8.42 Å². The third-order valence-electron chi connectivity index (χ3n) is 3.59. The van der Waals surface area contributed by atoms with E-state index >= 15 is 0 Å². The van der Waals surface area contributed by atoms with Gasteiger partial charge in [-0.05, 0) is 38.0 Å². The first-order valence-electron chi connectivity index (χ1n) is 6.42. The fraction of sp³-hybridized carbons (Fsp3) is 0.500. The minimum atomic E-state index is -3.04. The van der Waals surface area contributed by atoms with Crippen LogP contribution in [0.5, 0.6) is 5.75 Å². The Hall–Kier alpha value is -1.56. The number of amides is 1. The number of rotatable bonds is 3. The molecule has 5 nitrogen and oxygen atoms in total. The molecule has 1 heterocycles. The van der Waals surface area contributed by atoms with E-state index in [4.69, 9.17) is 4.74 Å². The summed E-state index contributed by atoms with van der Waals surface area (Å²) < 4.78 is 28.3. The van der Waals surface area contributed by atoms with Gasteiger partial charge >= 0.3 is 0 Å². The first-order valence-corrected chi connectivity index (χ1v) is 8.24. The summed E-state index contributed by atoms with van der Waals surface area (Å²) in [5.74, 6) is 0.486. The molecule has 0 spiro atoms. The van der Waals surface area contributed by atoms with Gasteiger partial charge in [-0.1, -0.05) is 6.07 Å². The Labute approximate surface area is 119 Å². The summed E-state index contributed by atoms with van der Waals surface area (Å²) in [6.45, 7) is 3.66. The van der Waals surface area contributed by atoms with E-state index in [1.165, 1.54) is 0 Å². The second kappa shape index (κ2) is 5.09. The van der Waals surface area contributed by atoms with Crippen LogP contribution in [0.15, 0.2) is 18.2 Å². The number of ether oxygens (including phenoxy) is 1. The molecular formula is C14H19NO4S. The van der Waals surface area contributed by atoms with E-state index in [1.54, 1.807) is 26.2 Å². The molecule has 20 heavy (non-hydrogen) atoms. The monoisotopic (exact) mass is 297 g/mol. The minimum absolute atomic E-state index is 0.00522. The zero-order chi connectivity index (χ0) is 15.0. The molecule has 0 aliphatic carbocycles. The van der Waals surface area contributed by atoms with Crippen molar-refractivity contribution in [1.82, 2.24) is 5.32 Å². The molecule has 110 valence electrons. The topological polar surface area (TPSA) is 72.5 Å². The summed E-state index contributed by atoms with van der Waals surface area (Å²) in [7, 11) is -1.49. The predicted octanol–water partition coefficient (Wildman–Crippen LogP) is 1.31. The van der Waals surface area contributed by atoms with Crippen molar-refractivity contribution in [3.8, 4) is 5.75 Å². The quantitative estimate of drug-likeness (QED) is 0.913. The van der Waals surface area contributed by atoms with E-state index in [0.29, 0.717) is 17.7 Å². The van der Waals surface area contributed by atoms with E-state index in [2.05, 4.69) is 5.32 Å². The van der Waals surface area contributed by atoms with Crippen LogP contribution >= 0.6 is 0 Å². The number of methoxy groups -OCH3 is 1. The molecule has 6 heteroatoms. The molecule has 1 aromatic carbocycles. The Morgan fingerprint density at radius 2 is 2.10 bits per heavy atom. The van der Waals surface area contributed by atoms with E-state index in [9.17, 15) is 13.2 Å². The number of hydrogen-bond donors (Lipinski definition) is 1. The van der Waals surface area contributed by atoms with Crippen LogP contribution in [0.3, 0.4) is 0 Å². The molecule has 2 rings (SSSR count). The van der Waals surface area contributed by atoms with Crippen LogP contribution in [-0.4, -0.2) is 38.5 Å². The van der Waals surface area contributed by atoms with Crippen molar-refractivity contribution in [3.05, 3.63) is 29.3 Å². The maximum atomic E-state index is 12.2. The van der Waals surface area contributed by atoms with Gasteiger partial charge in [0.1, 0.15) is 5.75 Å². The van der Waals surface area contributed by atoms with Crippen LogP contribution in [0.25, 0.3) is 0 Å². The summed E-state index contributed by atoms with van der Waals surface area (Å²) in [6, 6.07) is 5.18. The van der Waals surface area contributed by atoms with Crippen molar-refractivity contribution >= 4 is 15.7 Å². The fourth-order valence-corrected chi connectivity index (χ4v) is 4.51. The fourth-order valence-electron chi connectivity index (χ4n) is 2.42. The normalized spacial score (nSPS) is 24.4. The largest absolute Gasteiger partial charge is 0.496 e. The van der Waals surface area contributed by atoms with Crippen molar-refractivity contribution in [1.29, 1.82) is 0 Å². The molecule has 0 aromatic heterocycles. The molecule has 0 radical (unpaired) electrons. The Morgan fingerprint density at radius 1 is 1.40 bits per heavy atom. The maximum Gasteiger partial charge on any atom is 0.251 e. The van der Waals surface area contributed by atoms with E-state index in [-0.39, 0.29) is 17.4 Å². The number of aryl methyl sites for hydroxylation is 1. The molecule has 0 saturated carbocycles. The molecule has 1 atom stereocenters. The molecule has 1 N–H and O–H groups in total. The maximum absolute atomic E-state index is 12.2. The van der Waals surface area contributed by atoms with Crippen molar-refractivity contribution in [2.75, 3.05) is 18.6 Å². The van der Waals surface area contributed by atoms with E-state index in [0.717, 1.165) is 5.56 Å². The van der Waals surface area contributed by atoms with Crippen LogP contribution in [0.1, 0.15) is 29.3 Å². The highest BCUT2D eigenvalue weighted by Crippen LogP contribution is 2.24. The lowest BCUT2D eigenvalue weighted by Gasteiger charge is -2.24. The lowest BCUT2D eigenvalue weighted by molar-refractivity contribution is 0.0915. The number of sulfone groups is 1. The molecular weight excluding hydrogens is 278 g/mol. The zero-order valence-electron chi connectivity index (χ0n) is 11.9. The third kappa shape index (κ3) is 3.12. The van der Waals surface area contributed by atoms with Gasteiger partial charge in [0.2, 0.25) is 0 Å². The van der Waals surface area contributed by atoms with E-state index < -0.39 is 15.4 Å². The van der Waals surface area contributed by atoms with Crippen LogP contribution in [0.4, 0.5) is 0 Å². The first-order chi connectivity index (χ1) is 9.25. The smallest absolute Gasteiger partial charge is 0.251 e. The van der Waals surface area contributed by atoms with Crippen LogP contribution in [0.2, 0.25) is 0 Å². The Morgan fingerprint density at radius 3 is 2.65 bits per heavy atom. The summed E-state index contributed by atoms with van der Waals surface area (Å²) in [5, 5.41) is 2.82. The number of carbonyl (C=O) groups excluding carboxylic acids is 1. The second-order valence-electron chi connectivity index (χ2n) is 5.54. The summed E-state index contributed by atoms with van der Waals surface area (Å²) in [5.41, 5.74) is 0.727. The summed E-state index contributed by atoms with van der Waals surface area (Å²) >= 11 is 0. The predicted molar refractivity (Wildman–Crippen MR) is 76.9 cm³/mol. The average Bonchev–Trinajstić information content (AvgIpc) is 2.63. The summed E-state index contributed by atoms with van der Waals surface area (Å²) in [6.07, 6.45) is 0.448. The Balaban J connectivity index is 2.17. The van der Waals surface area contributed by atoms with Crippen LogP contribution < -0.4 is 10.1 Å². The minimum Gasteiger partial charge on any atom is -0.496 e. The SMILES string of the molecule is COc1cc(C(=O)N[C@]2(C)CCS(=O)(=O)C2)ccc1C.